The van der Waals surface area contributed by atoms with Crippen molar-refractivity contribution in [3.63, 3.8) is 0 Å². The summed E-state index contributed by atoms with van der Waals surface area (Å²) in [5.74, 6) is 0.344. The van der Waals surface area contributed by atoms with E-state index in [0.29, 0.717) is 32.1 Å². The van der Waals surface area contributed by atoms with E-state index < -0.39 is 10.0 Å². The second-order valence-corrected chi connectivity index (χ2v) is 9.97. The molecular weight excluding hydrogens is 412 g/mol. The lowest BCUT2D eigenvalue weighted by atomic mass is 10.1. The van der Waals surface area contributed by atoms with Gasteiger partial charge in [0.2, 0.25) is 10.0 Å². The Hall–Kier alpha value is -2.42. The summed E-state index contributed by atoms with van der Waals surface area (Å²) in [4.78, 5) is 6.65. The van der Waals surface area contributed by atoms with Gasteiger partial charge in [0.15, 0.2) is 0 Å². The van der Waals surface area contributed by atoms with Crippen LogP contribution in [0.2, 0.25) is 0 Å². The highest BCUT2D eigenvalue weighted by Gasteiger charge is 2.26. The number of sulfonamides is 1. The molecule has 168 valence electrons. The molecule has 2 heterocycles. The molecule has 8 heteroatoms. The summed E-state index contributed by atoms with van der Waals surface area (Å²) in [6.45, 7) is 11.2. The first kappa shape index (κ1) is 23.2. The van der Waals surface area contributed by atoms with Crippen molar-refractivity contribution in [2.45, 2.75) is 50.8 Å². The molecule has 2 atom stereocenters. The molecule has 1 unspecified atom stereocenters. The van der Waals surface area contributed by atoms with Crippen LogP contribution in [-0.4, -0.2) is 38.8 Å². The number of nitrogens with one attached hydrogen (secondary N) is 2. The van der Waals surface area contributed by atoms with E-state index in [1.54, 1.807) is 24.4 Å². The number of hydrogen-bond acceptors (Lipinski definition) is 6. The summed E-state index contributed by atoms with van der Waals surface area (Å²) in [7, 11) is -3.64. The van der Waals surface area contributed by atoms with Gasteiger partial charge in [0.1, 0.15) is 0 Å². The van der Waals surface area contributed by atoms with Crippen molar-refractivity contribution in [3.8, 4) is 0 Å². The maximum Gasteiger partial charge on any atom is 0.240 e. The summed E-state index contributed by atoms with van der Waals surface area (Å²) >= 11 is 0. The molecule has 7 nitrogen and oxygen atoms in total. The van der Waals surface area contributed by atoms with E-state index in [2.05, 4.69) is 47.3 Å². The van der Waals surface area contributed by atoms with Crippen LogP contribution >= 0.6 is 0 Å². The van der Waals surface area contributed by atoms with Crippen molar-refractivity contribution in [2.24, 2.45) is 5.92 Å². The molecule has 1 aliphatic rings. The van der Waals surface area contributed by atoms with E-state index in [4.69, 9.17) is 4.74 Å². The van der Waals surface area contributed by atoms with Crippen molar-refractivity contribution in [2.75, 3.05) is 23.4 Å². The van der Waals surface area contributed by atoms with E-state index >= 15 is 0 Å². The Morgan fingerprint density at radius 1 is 1.29 bits per heavy atom. The third kappa shape index (κ3) is 6.06. The maximum atomic E-state index is 12.9. The van der Waals surface area contributed by atoms with Gasteiger partial charge >= 0.3 is 0 Å². The van der Waals surface area contributed by atoms with Crippen LogP contribution in [0.5, 0.6) is 0 Å². The predicted octanol–water partition coefficient (Wildman–Crippen LogP) is 3.76. The Morgan fingerprint density at radius 2 is 2.03 bits per heavy atom. The number of rotatable bonds is 11. The molecule has 1 aliphatic heterocycles. The molecule has 1 aromatic heterocycles. The van der Waals surface area contributed by atoms with Gasteiger partial charge in [0.05, 0.1) is 41.8 Å². The quantitative estimate of drug-likeness (QED) is 0.406. The standard InChI is InChI=1S/C23H32N4O3S/c1-5-12-30-16-20(13-17(2)3)26-31(28,29)21-8-6-19(7-9-21)15-27-18(4)25-22-14-24-11-10-23(22)27/h5-11,14,17-18,20,25-26H,1,12-13,15-16H2,2-4H3/t18?,20-/m1/s1. The van der Waals surface area contributed by atoms with Gasteiger partial charge in [0, 0.05) is 18.8 Å². The Labute approximate surface area is 185 Å². The average molecular weight is 445 g/mol. The van der Waals surface area contributed by atoms with E-state index in [1.807, 2.05) is 24.4 Å². The van der Waals surface area contributed by atoms with Gasteiger partial charge in [-0.2, -0.15) is 0 Å². The molecule has 31 heavy (non-hydrogen) atoms. The SMILES string of the molecule is C=CCOC[C@@H](CC(C)C)NS(=O)(=O)c1ccc(CN2c3ccncc3NC2C)cc1. The third-order valence-electron chi connectivity index (χ3n) is 5.16. The second kappa shape index (κ2) is 10.3. The lowest BCUT2D eigenvalue weighted by molar-refractivity contribution is 0.135. The molecule has 1 aromatic carbocycles. The van der Waals surface area contributed by atoms with Crippen LogP contribution in [0.15, 0.2) is 60.3 Å². The van der Waals surface area contributed by atoms with Crippen LogP contribution in [0.3, 0.4) is 0 Å². The number of benzene rings is 1. The second-order valence-electron chi connectivity index (χ2n) is 8.26. The van der Waals surface area contributed by atoms with E-state index in [1.165, 1.54) is 0 Å². The summed E-state index contributed by atoms with van der Waals surface area (Å²) in [5, 5.41) is 3.40. The largest absolute Gasteiger partial charge is 0.376 e. The Bertz CT molecular complexity index is 977. The highest BCUT2D eigenvalue weighted by atomic mass is 32.2. The van der Waals surface area contributed by atoms with Gasteiger partial charge < -0.3 is 15.0 Å². The van der Waals surface area contributed by atoms with Crippen LogP contribution in [0.4, 0.5) is 11.4 Å². The van der Waals surface area contributed by atoms with E-state index in [9.17, 15) is 8.42 Å². The number of nitrogens with zero attached hydrogens (tertiary/aromatic N) is 2. The fourth-order valence-corrected chi connectivity index (χ4v) is 4.99. The molecule has 0 bridgehead atoms. The first-order valence-corrected chi connectivity index (χ1v) is 12.1. The molecule has 2 aromatic rings. The minimum absolute atomic E-state index is 0.136. The van der Waals surface area contributed by atoms with Crippen LogP contribution in [0, 0.1) is 5.92 Å². The van der Waals surface area contributed by atoms with Gasteiger partial charge in [-0.25, -0.2) is 13.1 Å². The summed E-state index contributed by atoms with van der Waals surface area (Å²) in [6.07, 6.45) is 6.09. The molecule has 0 fully saturated rings. The fraction of sp³-hybridized carbons (Fsp3) is 0.435. The van der Waals surface area contributed by atoms with Gasteiger partial charge in [-0.05, 0) is 43.0 Å². The Kier molecular flexibility index (Phi) is 7.69. The molecule has 0 spiro atoms. The number of pyridine rings is 1. The molecule has 0 amide bonds. The highest BCUT2D eigenvalue weighted by molar-refractivity contribution is 7.89. The zero-order valence-electron chi connectivity index (χ0n) is 18.4. The third-order valence-corrected chi connectivity index (χ3v) is 6.69. The Morgan fingerprint density at radius 3 is 2.71 bits per heavy atom. The first-order valence-electron chi connectivity index (χ1n) is 10.6. The minimum Gasteiger partial charge on any atom is -0.376 e. The van der Waals surface area contributed by atoms with Crippen LogP contribution < -0.4 is 14.9 Å². The highest BCUT2D eigenvalue weighted by Crippen LogP contribution is 2.34. The molecule has 0 saturated carbocycles. The van der Waals surface area contributed by atoms with Crippen LogP contribution in [-0.2, 0) is 21.3 Å². The maximum absolute atomic E-state index is 12.9. The number of anilines is 2. The first-order chi connectivity index (χ1) is 14.8. The molecule has 0 saturated heterocycles. The smallest absolute Gasteiger partial charge is 0.240 e. The normalized spacial score (nSPS) is 16.8. The van der Waals surface area contributed by atoms with Crippen molar-refractivity contribution in [1.29, 1.82) is 0 Å². The number of fused-ring (bicyclic) bond motifs is 1. The van der Waals surface area contributed by atoms with Crippen LogP contribution in [0.25, 0.3) is 0 Å². The van der Waals surface area contributed by atoms with Crippen LogP contribution in [0.1, 0.15) is 32.8 Å². The molecule has 0 radical (unpaired) electrons. The Balaban J connectivity index is 1.68. The number of ether oxygens (including phenoxy) is 1. The zero-order chi connectivity index (χ0) is 22.4. The predicted molar refractivity (Wildman–Crippen MR) is 125 cm³/mol. The monoisotopic (exact) mass is 444 g/mol. The topological polar surface area (TPSA) is 83.6 Å². The zero-order valence-corrected chi connectivity index (χ0v) is 19.2. The lowest BCUT2D eigenvalue weighted by Crippen LogP contribution is -2.39. The van der Waals surface area contributed by atoms with Crippen molar-refractivity contribution in [3.05, 3.63) is 60.9 Å². The van der Waals surface area contributed by atoms with E-state index in [-0.39, 0.29) is 17.1 Å². The number of hydrogen-bond donors (Lipinski definition) is 2. The van der Waals surface area contributed by atoms with Crippen molar-refractivity contribution >= 4 is 21.4 Å². The van der Waals surface area contributed by atoms with Gasteiger partial charge in [-0.1, -0.05) is 32.1 Å². The molecular formula is C23H32N4O3S. The summed E-state index contributed by atoms with van der Waals surface area (Å²) in [5.41, 5.74) is 3.13. The summed E-state index contributed by atoms with van der Waals surface area (Å²) < 4.78 is 34.1. The van der Waals surface area contributed by atoms with Gasteiger partial charge in [0.25, 0.3) is 0 Å². The average Bonchev–Trinajstić information content (AvgIpc) is 3.03. The van der Waals surface area contributed by atoms with Crippen molar-refractivity contribution in [1.82, 2.24) is 9.71 Å². The lowest BCUT2D eigenvalue weighted by Gasteiger charge is -2.24. The van der Waals surface area contributed by atoms with Gasteiger partial charge in [-0.15, -0.1) is 6.58 Å². The van der Waals surface area contributed by atoms with E-state index in [0.717, 1.165) is 16.9 Å². The van der Waals surface area contributed by atoms with Gasteiger partial charge in [-0.3, -0.25) is 4.98 Å². The van der Waals surface area contributed by atoms with Crippen molar-refractivity contribution < 1.29 is 13.2 Å². The summed E-state index contributed by atoms with van der Waals surface area (Å²) in [6, 6.07) is 8.76. The molecule has 0 aliphatic carbocycles. The minimum atomic E-state index is -3.64. The molecule has 3 rings (SSSR count). The number of aromatic nitrogens is 1. The molecule has 2 N–H and O–H groups in total. The fourth-order valence-electron chi connectivity index (χ4n) is 3.75.